The molecule has 0 radical (unpaired) electrons. The molecule has 6 heteroatoms. The second-order valence-corrected chi connectivity index (χ2v) is 6.22. The fourth-order valence-corrected chi connectivity index (χ4v) is 2.39. The van der Waals surface area contributed by atoms with E-state index in [0.29, 0.717) is 25.5 Å². The number of rotatable bonds is 10. The summed E-state index contributed by atoms with van der Waals surface area (Å²) in [7, 11) is -0.727. The van der Waals surface area contributed by atoms with E-state index in [9.17, 15) is 9.32 Å². The van der Waals surface area contributed by atoms with Gasteiger partial charge in [0.15, 0.2) is 0 Å². The summed E-state index contributed by atoms with van der Waals surface area (Å²) in [6.45, 7) is 3.04. The van der Waals surface area contributed by atoms with Crippen LogP contribution in [0.2, 0.25) is 0 Å². The van der Waals surface area contributed by atoms with Gasteiger partial charge in [0, 0.05) is 36.0 Å². The van der Waals surface area contributed by atoms with Gasteiger partial charge in [-0.15, -0.1) is 0 Å². The Morgan fingerprint density at radius 2 is 2.44 bits per heavy atom. The molecule has 0 spiro atoms. The van der Waals surface area contributed by atoms with Crippen molar-refractivity contribution in [3.05, 3.63) is 0 Å². The molecule has 0 bridgehead atoms. The average molecular weight is 279 g/mol. The van der Waals surface area contributed by atoms with E-state index in [4.69, 9.17) is 9.47 Å². The first-order valence-corrected chi connectivity index (χ1v) is 8.29. The summed E-state index contributed by atoms with van der Waals surface area (Å²) in [5.74, 6) is 0.707. The van der Waals surface area contributed by atoms with E-state index in [-0.39, 0.29) is 6.10 Å². The third kappa shape index (κ3) is 8.16. The Morgan fingerprint density at radius 1 is 1.61 bits per heavy atom. The van der Waals surface area contributed by atoms with Crippen molar-refractivity contribution in [2.24, 2.45) is 0 Å². The van der Waals surface area contributed by atoms with Crippen molar-refractivity contribution in [1.29, 1.82) is 0 Å². The van der Waals surface area contributed by atoms with Gasteiger partial charge >= 0.3 is 0 Å². The highest BCUT2D eigenvalue weighted by molar-refractivity contribution is 7.84. The summed E-state index contributed by atoms with van der Waals surface area (Å²) >= 11 is 0. The topological polar surface area (TPSA) is 67.8 Å². The molecular formula is C12H25NO4S. The SMILES string of the molecule is CS(=O)CCCNCC(O)COCC1CCCO1. The zero-order valence-electron chi connectivity index (χ0n) is 11.1. The number of aliphatic hydroxyl groups excluding tert-OH is 1. The highest BCUT2D eigenvalue weighted by Gasteiger charge is 2.15. The van der Waals surface area contributed by atoms with Crippen LogP contribution in [-0.2, 0) is 20.3 Å². The van der Waals surface area contributed by atoms with E-state index < -0.39 is 16.9 Å². The first kappa shape index (κ1) is 16.0. The van der Waals surface area contributed by atoms with E-state index in [2.05, 4.69) is 5.32 Å². The van der Waals surface area contributed by atoms with Crippen LogP contribution in [-0.4, -0.2) is 66.4 Å². The lowest BCUT2D eigenvalue weighted by Gasteiger charge is -2.14. The molecule has 2 N–H and O–H groups in total. The minimum absolute atomic E-state index is 0.213. The Kier molecular flexibility index (Phi) is 8.79. The van der Waals surface area contributed by atoms with Gasteiger partial charge in [-0.25, -0.2) is 0 Å². The Labute approximate surface area is 112 Å². The van der Waals surface area contributed by atoms with Gasteiger partial charge in [0.05, 0.1) is 25.4 Å². The molecule has 1 saturated heterocycles. The lowest BCUT2D eigenvalue weighted by atomic mass is 10.2. The third-order valence-corrected chi connectivity index (χ3v) is 3.67. The number of nitrogens with one attached hydrogen (secondary N) is 1. The van der Waals surface area contributed by atoms with E-state index in [0.717, 1.165) is 32.4 Å². The Bertz CT molecular complexity index is 234. The highest BCUT2D eigenvalue weighted by Crippen LogP contribution is 2.11. The standard InChI is InChI=1S/C12H25NO4S/c1-18(15)7-3-5-13-8-11(14)9-16-10-12-4-2-6-17-12/h11-14H,2-10H2,1H3. The molecule has 3 unspecified atom stereocenters. The molecule has 1 aliphatic rings. The number of aliphatic hydroxyl groups is 1. The zero-order valence-corrected chi connectivity index (χ0v) is 11.9. The summed E-state index contributed by atoms with van der Waals surface area (Å²) in [4.78, 5) is 0. The van der Waals surface area contributed by atoms with Crippen molar-refractivity contribution in [2.45, 2.75) is 31.5 Å². The first-order valence-electron chi connectivity index (χ1n) is 6.56. The minimum Gasteiger partial charge on any atom is -0.389 e. The number of hydrogen-bond acceptors (Lipinski definition) is 5. The largest absolute Gasteiger partial charge is 0.389 e. The normalized spacial score (nSPS) is 23.1. The van der Waals surface area contributed by atoms with Gasteiger partial charge < -0.3 is 19.9 Å². The van der Waals surface area contributed by atoms with Crippen molar-refractivity contribution in [1.82, 2.24) is 5.32 Å². The van der Waals surface area contributed by atoms with Crippen molar-refractivity contribution < 1.29 is 18.8 Å². The van der Waals surface area contributed by atoms with E-state index in [1.807, 2.05) is 0 Å². The molecule has 1 aliphatic heterocycles. The second kappa shape index (κ2) is 9.86. The van der Waals surface area contributed by atoms with E-state index in [1.165, 1.54) is 0 Å². The third-order valence-electron chi connectivity index (χ3n) is 2.80. The van der Waals surface area contributed by atoms with Crippen molar-refractivity contribution in [3.63, 3.8) is 0 Å². The van der Waals surface area contributed by atoms with Gasteiger partial charge in [0.1, 0.15) is 0 Å². The predicted octanol–water partition coefficient (Wildman–Crippen LogP) is -0.0989. The molecule has 0 aliphatic carbocycles. The molecule has 18 heavy (non-hydrogen) atoms. The van der Waals surface area contributed by atoms with Crippen LogP contribution >= 0.6 is 0 Å². The quantitative estimate of drug-likeness (QED) is 0.547. The van der Waals surface area contributed by atoms with Crippen LogP contribution < -0.4 is 5.32 Å². The maximum absolute atomic E-state index is 10.8. The Balaban J connectivity index is 1.87. The number of hydrogen-bond donors (Lipinski definition) is 2. The molecule has 0 saturated carbocycles. The molecule has 1 fully saturated rings. The lowest BCUT2D eigenvalue weighted by molar-refractivity contribution is -0.0163. The Hall–Kier alpha value is -0.0100. The van der Waals surface area contributed by atoms with E-state index >= 15 is 0 Å². The highest BCUT2D eigenvalue weighted by atomic mass is 32.2. The molecule has 3 atom stereocenters. The van der Waals surface area contributed by atoms with Crippen LogP contribution in [0.3, 0.4) is 0 Å². The maximum atomic E-state index is 10.8. The predicted molar refractivity (Wildman–Crippen MR) is 72.2 cm³/mol. The molecule has 0 amide bonds. The minimum atomic E-state index is -0.727. The monoisotopic (exact) mass is 279 g/mol. The van der Waals surface area contributed by atoms with Crippen molar-refractivity contribution in [3.8, 4) is 0 Å². The molecule has 1 rings (SSSR count). The van der Waals surface area contributed by atoms with Crippen LogP contribution in [0.5, 0.6) is 0 Å². The van der Waals surface area contributed by atoms with Crippen LogP contribution in [0.1, 0.15) is 19.3 Å². The van der Waals surface area contributed by atoms with Gasteiger partial charge in [-0.2, -0.15) is 0 Å². The van der Waals surface area contributed by atoms with Crippen LogP contribution in [0.15, 0.2) is 0 Å². The zero-order chi connectivity index (χ0) is 13.2. The van der Waals surface area contributed by atoms with Crippen molar-refractivity contribution >= 4 is 10.8 Å². The molecule has 108 valence electrons. The Morgan fingerprint density at radius 3 is 3.11 bits per heavy atom. The van der Waals surface area contributed by atoms with Gasteiger partial charge in [0.25, 0.3) is 0 Å². The second-order valence-electron chi connectivity index (χ2n) is 4.66. The first-order chi connectivity index (χ1) is 8.68. The fraction of sp³-hybridized carbons (Fsp3) is 1.00. The molecule has 0 aromatic carbocycles. The summed E-state index contributed by atoms with van der Waals surface area (Å²) < 4.78 is 21.6. The number of ether oxygens (including phenoxy) is 2. The van der Waals surface area contributed by atoms with Crippen LogP contribution in [0.25, 0.3) is 0 Å². The molecule has 5 nitrogen and oxygen atoms in total. The molecule has 0 aromatic rings. The van der Waals surface area contributed by atoms with Gasteiger partial charge in [-0.3, -0.25) is 4.21 Å². The van der Waals surface area contributed by atoms with Gasteiger partial charge in [-0.05, 0) is 25.8 Å². The van der Waals surface area contributed by atoms with Gasteiger partial charge in [-0.1, -0.05) is 0 Å². The van der Waals surface area contributed by atoms with Crippen LogP contribution in [0.4, 0.5) is 0 Å². The molecule has 0 aromatic heterocycles. The van der Waals surface area contributed by atoms with Crippen LogP contribution in [0, 0.1) is 0 Å². The summed E-state index contributed by atoms with van der Waals surface area (Å²) in [5.41, 5.74) is 0. The maximum Gasteiger partial charge on any atom is 0.0897 e. The lowest BCUT2D eigenvalue weighted by Crippen LogP contribution is -2.32. The van der Waals surface area contributed by atoms with E-state index in [1.54, 1.807) is 6.26 Å². The summed E-state index contributed by atoms with van der Waals surface area (Å²) in [6.07, 6.45) is 4.46. The molecular weight excluding hydrogens is 254 g/mol. The summed E-state index contributed by atoms with van der Waals surface area (Å²) in [6, 6.07) is 0. The van der Waals surface area contributed by atoms with Gasteiger partial charge in [0.2, 0.25) is 0 Å². The molecule has 1 heterocycles. The summed E-state index contributed by atoms with van der Waals surface area (Å²) in [5, 5.41) is 12.8. The smallest absolute Gasteiger partial charge is 0.0897 e. The average Bonchev–Trinajstić information content (AvgIpc) is 2.81. The fourth-order valence-electron chi connectivity index (χ4n) is 1.84. The van der Waals surface area contributed by atoms with Crippen molar-refractivity contribution in [2.75, 3.05) is 44.9 Å².